The summed E-state index contributed by atoms with van der Waals surface area (Å²) in [5.74, 6) is -2.91. The zero-order chi connectivity index (χ0) is 19.6. The van der Waals surface area contributed by atoms with E-state index in [1.165, 1.54) is 11.0 Å². The van der Waals surface area contributed by atoms with E-state index in [4.69, 9.17) is 0 Å². The number of likely N-dealkylation sites (tertiary alicyclic amines) is 1. The fraction of sp³-hybridized carbons (Fsp3) is 0.333. The first-order chi connectivity index (χ1) is 12.8. The second-order valence-corrected chi connectivity index (χ2v) is 7.01. The van der Waals surface area contributed by atoms with Crippen LogP contribution in [0.15, 0.2) is 36.4 Å². The second kappa shape index (κ2) is 7.86. The van der Waals surface area contributed by atoms with Gasteiger partial charge in [0, 0.05) is 24.3 Å². The number of nitrogens with one attached hydrogen (secondary N) is 1. The number of carbonyl (C=O) groups excluding carboxylic acids is 2. The molecule has 27 heavy (non-hydrogen) atoms. The first-order valence-corrected chi connectivity index (χ1v) is 8.97. The number of halogens is 2. The Hall–Kier alpha value is -2.76. The molecule has 3 rings (SSSR count). The highest BCUT2D eigenvalue weighted by atomic mass is 19.2. The monoisotopic (exact) mass is 372 g/mol. The Bertz CT molecular complexity index is 882. The topological polar surface area (TPSA) is 49.4 Å². The van der Waals surface area contributed by atoms with Gasteiger partial charge in [-0.25, -0.2) is 8.78 Å². The van der Waals surface area contributed by atoms with Gasteiger partial charge in [0.25, 0.3) is 5.91 Å². The van der Waals surface area contributed by atoms with Gasteiger partial charge in [-0.15, -0.1) is 0 Å². The van der Waals surface area contributed by atoms with Crippen LogP contribution in [0.25, 0.3) is 0 Å². The van der Waals surface area contributed by atoms with E-state index in [-0.39, 0.29) is 23.9 Å². The molecular formula is C21H22F2N2O2. The fourth-order valence-electron chi connectivity index (χ4n) is 3.25. The van der Waals surface area contributed by atoms with Crippen LogP contribution in [-0.2, 0) is 4.79 Å². The van der Waals surface area contributed by atoms with E-state index < -0.39 is 17.5 Å². The smallest absolute Gasteiger partial charge is 0.253 e. The summed E-state index contributed by atoms with van der Waals surface area (Å²) in [6.07, 6.45) is 1.36. The summed E-state index contributed by atoms with van der Waals surface area (Å²) in [5, 5.41) is 2.91. The highest BCUT2D eigenvalue weighted by Crippen LogP contribution is 2.22. The van der Waals surface area contributed by atoms with Gasteiger partial charge in [0.2, 0.25) is 5.91 Å². The van der Waals surface area contributed by atoms with Crippen LogP contribution in [0.3, 0.4) is 0 Å². The molecule has 0 unspecified atom stereocenters. The van der Waals surface area contributed by atoms with E-state index in [1.54, 1.807) is 0 Å². The van der Waals surface area contributed by atoms with Crippen LogP contribution in [-0.4, -0.2) is 29.8 Å². The van der Waals surface area contributed by atoms with Crippen molar-refractivity contribution in [2.24, 2.45) is 5.92 Å². The Balaban J connectivity index is 1.67. The van der Waals surface area contributed by atoms with Crippen molar-refractivity contribution in [1.82, 2.24) is 4.90 Å². The minimum atomic E-state index is -1.05. The van der Waals surface area contributed by atoms with Gasteiger partial charge in [-0.1, -0.05) is 6.07 Å². The zero-order valence-corrected chi connectivity index (χ0v) is 15.4. The zero-order valence-electron chi connectivity index (χ0n) is 15.4. The largest absolute Gasteiger partial charge is 0.338 e. The van der Waals surface area contributed by atoms with Crippen LogP contribution < -0.4 is 5.32 Å². The van der Waals surface area contributed by atoms with Crippen LogP contribution in [0, 0.1) is 31.4 Å². The first-order valence-electron chi connectivity index (χ1n) is 8.97. The number of anilines is 1. The predicted molar refractivity (Wildman–Crippen MR) is 99.5 cm³/mol. The summed E-state index contributed by atoms with van der Waals surface area (Å²) >= 11 is 0. The molecule has 1 fully saturated rings. The van der Waals surface area contributed by atoms with Crippen LogP contribution in [0.2, 0.25) is 0 Å². The third-order valence-corrected chi connectivity index (χ3v) is 5.02. The molecule has 0 spiro atoms. The Labute approximate surface area is 157 Å². The lowest BCUT2D eigenvalue weighted by molar-refractivity contribution is -0.121. The molecule has 2 aromatic rings. The van der Waals surface area contributed by atoms with E-state index in [0.29, 0.717) is 19.4 Å². The molecule has 142 valence electrons. The number of benzene rings is 2. The van der Waals surface area contributed by atoms with E-state index in [9.17, 15) is 18.4 Å². The van der Waals surface area contributed by atoms with Crippen LogP contribution in [0.1, 0.15) is 34.3 Å². The highest BCUT2D eigenvalue weighted by Gasteiger charge is 2.29. The summed E-state index contributed by atoms with van der Waals surface area (Å²) in [6, 6.07) is 8.82. The predicted octanol–water partition coefficient (Wildman–Crippen LogP) is 4.07. The van der Waals surface area contributed by atoms with Crippen molar-refractivity contribution in [1.29, 1.82) is 0 Å². The molecule has 1 aliphatic rings. The standard InChI is InChI=1S/C21H22F2N2O2/c1-13-5-7-17(10-14(13)2)24-20(26)16-4-3-9-25(12-16)21(27)15-6-8-18(22)19(23)11-15/h5-8,10-11,16H,3-4,9,12H2,1-2H3,(H,24,26)/t16-/m1/s1. The summed E-state index contributed by atoms with van der Waals surface area (Å²) in [7, 11) is 0. The highest BCUT2D eigenvalue weighted by molar-refractivity contribution is 5.96. The van der Waals surface area contributed by atoms with E-state index in [2.05, 4.69) is 5.32 Å². The van der Waals surface area contributed by atoms with Crippen LogP contribution >= 0.6 is 0 Å². The summed E-state index contributed by atoms with van der Waals surface area (Å²) in [6.45, 7) is 4.73. The molecule has 0 aromatic heterocycles. The Kier molecular flexibility index (Phi) is 5.54. The number of amides is 2. The quantitative estimate of drug-likeness (QED) is 0.883. The molecule has 1 saturated heterocycles. The van der Waals surface area contributed by atoms with Gasteiger partial charge in [-0.05, 0) is 68.1 Å². The molecule has 0 radical (unpaired) electrons. The van der Waals surface area contributed by atoms with Gasteiger partial charge >= 0.3 is 0 Å². The van der Waals surface area contributed by atoms with Crippen molar-refractivity contribution in [2.75, 3.05) is 18.4 Å². The van der Waals surface area contributed by atoms with Crippen molar-refractivity contribution in [3.05, 3.63) is 64.7 Å². The lowest BCUT2D eigenvalue weighted by Gasteiger charge is -2.32. The molecule has 1 heterocycles. The Morgan fingerprint density at radius 3 is 2.52 bits per heavy atom. The van der Waals surface area contributed by atoms with Gasteiger partial charge in [-0.2, -0.15) is 0 Å². The number of piperidine rings is 1. The van der Waals surface area contributed by atoms with Crippen LogP contribution in [0.4, 0.5) is 14.5 Å². The van der Waals surface area contributed by atoms with Gasteiger partial charge in [0.15, 0.2) is 11.6 Å². The lowest BCUT2D eigenvalue weighted by Crippen LogP contribution is -2.43. The maximum absolute atomic E-state index is 13.4. The van der Waals surface area contributed by atoms with Crippen molar-refractivity contribution >= 4 is 17.5 Å². The molecule has 1 atom stereocenters. The molecule has 1 aliphatic heterocycles. The second-order valence-electron chi connectivity index (χ2n) is 7.01. The van der Waals surface area contributed by atoms with Gasteiger partial charge < -0.3 is 10.2 Å². The maximum Gasteiger partial charge on any atom is 0.253 e. The molecule has 1 N–H and O–H groups in total. The van der Waals surface area contributed by atoms with E-state index in [0.717, 1.165) is 28.9 Å². The minimum absolute atomic E-state index is 0.0871. The average Bonchev–Trinajstić information content (AvgIpc) is 2.66. The van der Waals surface area contributed by atoms with E-state index in [1.807, 2.05) is 32.0 Å². The van der Waals surface area contributed by atoms with Crippen molar-refractivity contribution in [3.63, 3.8) is 0 Å². The summed E-state index contributed by atoms with van der Waals surface area (Å²) in [5.41, 5.74) is 3.05. The molecular weight excluding hydrogens is 350 g/mol. The average molecular weight is 372 g/mol. The molecule has 0 bridgehead atoms. The summed E-state index contributed by atoms with van der Waals surface area (Å²) in [4.78, 5) is 26.7. The number of rotatable bonds is 3. The van der Waals surface area contributed by atoms with Gasteiger partial charge in [0.1, 0.15) is 0 Å². The molecule has 2 aromatic carbocycles. The Morgan fingerprint density at radius 1 is 1.04 bits per heavy atom. The van der Waals surface area contributed by atoms with Gasteiger partial charge in [0.05, 0.1) is 5.92 Å². The first kappa shape index (κ1) is 19.0. The molecule has 4 nitrogen and oxygen atoms in total. The molecule has 0 aliphatic carbocycles. The number of hydrogen-bond donors (Lipinski definition) is 1. The Morgan fingerprint density at radius 2 is 1.81 bits per heavy atom. The maximum atomic E-state index is 13.4. The van der Waals surface area contributed by atoms with Crippen molar-refractivity contribution in [3.8, 4) is 0 Å². The van der Waals surface area contributed by atoms with E-state index >= 15 is 0 Å². The minimum Gasteiger partial charge on any atom is -0.338 e. The summed E-state index contributed by atoms with van der Waals surface area (Å²) < 4.78 is 26.5. The fourth-order valence-corrected chi connectivity index (χ4v) is 3.25. The number of carbonyl (C=O) groups is 2. The third kappa shape index (κ3) is 4.32. The molecule has 0 saturated carbocycles. The number of hydrogen-bond acceptors (Lipinski definition) is 2. The number of aryl methyl sites for hydroxylation is 2. The van der Waals surface area contributed by atoms with Crippen LogP contribution in [0.5, 0.6) is 0 Å². The number of nitrogens with zero attached hydrogens (tertiary/aromatic N) is 1. The normalized spacial score (nSPS) is 16.9. The molecule has 2 amide bonds. The SMILES string of the molecule is Cc1ccc(NC(=O)[C@@H]2CCCN(C(=O)c3ccc(F)c(F)c3)C2)cc1C. The van der Waals surface area contributed by atoms with Crippen molar-refractivity contribution in [2.45, 2.75) is 26.7 Å². The molecule has 6 heteroatoms. The van der Waals surface area contributed by atoms with Crippen molar-refractivity contribution < 1.29 is 18.4 Å². The lowest BCUT2D eigenvalue weighted by atomic mass is 9.96. The third-order valence-electron chi connectivity index (χ3n) is 5.02. The van der Waals surface area contributed by atoms with Gasteiger partial charge in [-0.3, -0.25) is 9.59 Å².